The van der Waals surface area contributed by atoms with E-state index in [2.05, 4.69) is 6.58 Å². The van der Waals surface area contributed by atoms with Gasteiger partial charge in [0.1, 0.15) is 17.1 Å². The summed E-state index contributed by atoms with van der Waals surface area (Å²) in [6.07, 6.45) is 0. The Balaban J connectivity index is 3.30. The van der Waals surface area contributed by atoms with Crippen LogP contribution in [0.2, 0.25) is 0 Å². The van der Waals surface area contributed by atoms with Gasteiger partial charge in [0, 0.05) is 25.8 Å². The van der Waals surface area contributed by atoms with Gasteiger partial charge < -0.3 is 23.7 Å². The Morgan fingerprint density at radius 1 is 1.00 bits per heavy atom. The number of ether oxygens (including phenoxy) is 5. The van der Waals surface area contributed by atoms with Gasteiger partial charge in [-0.15, -0.1) is 0 Å². The molecule has 6 heteroatoms. The molecule has 1 rings (SSSR count). The maximum atomic E-state index is 11.9. The van der Waals surface area contributed by atoms with Crippen molar-refractivity contribution in [1.82, 2.24) is 0 Å². The van der Waals surface area contributed by atoms with Crippen LogP contribution in [0.4, 0.5) is 0 Å². The maximum absolute atomic E-state index is 11.9. The minimum atomic E-state index is -0.512. The second-order valence-electron chi connectivity index (χ2n) is 4.22. The van der Waals surface area contributed by atoms with Crippen molar-refractivity contribution in [3.63, 3.8) is 0 Å². The number of benzene rings is 1. The first-order valence-electron chi connectivity index (χ1n) is 6.20. The number of hydrogen-bond donors (Lipinski definition) is 0. The lowest BCUT2D eigenvalue weighted by molar-refractivity contribution is 0.0434. The Bertz CT molecular complexity index is 509. The summed E-state index contributed by atoms with van der Waals surface area (Å²) in [5.41, 5.74) is 1.69. The third kappa shape index (κ3) is 4.47. The monoisotopic (exact) mass is 296 g/mol. The van der Waals surface area contributed by atoms with Gasteiger partial charge >= 0.3 is 5.97 Å². The van der Waals surface area contributed by atoms with Crippen molar-refractivity contribution < 1.29 is 28.5 Å². The normalized spacial score (nSPS) is 10.1. The summed E-state index contributed by atoms with van der Waals surface area (Å²) in [6, 6.07) is 3.21. The molecular weight excluding hydrogens is 276 g/mol. The van der Waals surface area contributed by atoms with E-state index in [-0.39, 0.29) is 19.1 Å². The van der Waals surface area contributed by atoms with Crippen molar-refractivity contribution in [3.8, 4) is 11.5 Å². The number of esters is 1. The van der Waals surface area contributed by atoms with Crippen molar-refractivity contribution in [2.75, 3.05) is 34.9 Å². The molecule has 0 N–H and O–H groups in total. The van der Waals surface area contributed by atoms with E-state index in [0.29, 0.717) is 17.1 Å². The molecule has 0 unspecified atom stereocenters. The first kappa shape index (κ1) is 17.0. The number of rotatable bonds is 8. The number of hydrogen-bond acceptors (Lipinski definition) is 6. The number of carbonyl (C=O) groups excluding carboxylic acids is 1. The molecule has 0 saturated carbocycles. The van der Waals surface area contributed by atoms with Crippen LogP contribution in [0.5, 0.6) is 11.5 Å². The summed E-state index contributed by atoms with van der Waals surface area (Å²) in [5.74, 6) is 0.296. The van der Waals surface area contributed by atoms with E-state index in [1.54, 1.807) is 12.1 Å². The van der Waals surface area contributed by atoms with E-state index < -0.39 is 5.97 Å². The topological polar surface area (TPSA) is 63.2 Å². The fourth-order valence-electron chi connectivity index (χ4n) is 1.65. The molecule has 21 heavy (non-hydrogen) atoms. The highest BCUT2D eigenvalue weighted by molar-refractivity contribution is 5.94. The van der Waals surface area contributed by atoms with Crippen LogP contribution in [-0.4, -0.2) is 40.9 Å². The van der Waals surface area contributed by atoms with E-state index in [0.717, 1.165) is 5.57 Å². The van der Waals surface area contributed by atoms with Gasteiger partial charge in [0.25, 0.3) is 0 Å². The summed E-state index contributed by atoms with van der Waals surface area (Å²) in [6.45, 7) is 5.76. The molecule has 0 bridgehead atoms. The third-order valence-electron chi connectivity index (χ3n) is 2.61. The second-order valence-corrected chi connectivity index (χ2v) is 4.22. The molecule has 116 valence electrons. The minimum absolute atomic E-state index is 0.000129. The summed E-state index contributed by atoms with van der Waals surface area (Å²) in [5, 5.41) is 0. The minimum Gasteiger partial charge on any atom is -0.467 e. The van der Waals surface area contributed by atoms with Crippen LogP contribution >= 0.6 is 0 Å². The lowest BCUT2D eigenvalue weighted by Gasteiger charge is -2.16. The zero-order valence-corrected chi connectivity index (χ0v) is 12.7. The van der Waals surface area contributed by atoms with Crippen LogP contribution in [0, 0.1) is 0 Å². The molecule has 0 spiro atoms. The highest BCUT2D eigenvalue weighted by atomic mass is 16.7. The molecule has 0 radical (unpaired) electrons. The van der Waals surface area contributed by atoms with E-state index in [9.17, 15) is 4.79 Å². The quantitative estimate of drug-likeness (QED) is 0.542. The van der Waals surface area contributed by atoms with Crippen molar-refractivity contribution in [1.29, 1.82) is 0 Å². The van der Waals surface area contributed by atoms with E-state index >= 15 is 0 Å². The Morgan fingerprint density at radius 2 is 1.52 bits per heavy atom. The first-order valence-corrected chi connectivity index (χ1v) is 6.20. The van der Waals surface area contributed by atoms with Crippen molar-refractivity contribution in [2.45, 2.75) is 6.92 Å². The van der Waals surface area contributed by atoms with E-state index in [1.165, 1.54) is 21.3 Å². The van der Waals surface area contributed by atoms with Gasteiger partial charge in [0.15, 0.2) is 13.6 Å². The number of allylic oxidation sites excluding steroid dienone is 1. The van der Waals surface area contributed by atoms with Crippen LogP contribution in [0.25, 0.3) is 5.57 Å². The van der Waals surface area contributed by atoms with Gasteiger partial charge in [-0.2, -0.15) is 0 Å². The van der Waals surface area contributed by atoms with Gasteiger partial charge in [0.2, 0.25) is 0 Å². The van der Waals surface area contributed by atoms with Crippen molar-refractivity contribution >= 4 is 11.5 Å². The zero-order chi connectivity index (χ0) is 15.8. The Kier molecular flexibility index (Phi) is 6.71. The van der Waals surface area contributed by atoms with Gasteiger partial charge in [-0.05, 0) is 18.6 Å². The summed E-state index contributed by atoms with van der Waals surface area (Å²) < 4.78 is 25.4. The molecule has 0 amide bonds. The Labute approximate surface area is 124 Å². The standard InChI is InChI=1S/C15H20O6/c1-10(2)11-6-12(15(16)19-5)14(21-9-18-4)7-13(11)20-8-17-3/h6-7H,1,8-9H2,2-5H3. The first-order chi connectivity index (χ1) is 10.0. The molecule has 0 saturated heterocycles. The van der Waals surface area contributed by atoms with Gasteiger partial charge in [-0.25, -0.2) is 4.79 Å². The summed E-state index contributed by atoms with van der Waals surface area (Å²) >= 11 is 0. The van der Waals surface area contributed by atoms with Crippen LogP contribution in [-0.2, 0) is 14.2 Å². The van der Waals surface area contributed by atoms with Crippen LogP contribution in [0.15, 0.2) is 18.7 Å². The highest BCUT2D eigenvalue weighted by Crippen LogP contribution is 2.33. The average Bonchev–Trinajstić information content (AvgIpc) is 2.49. The molecule has 0 heterocycles. The van der Waals surface area contributed by atoms with Gasteiger partial charge in [0.05, 0.1) is 7.11 Å². The lowest BCUT2D eigenvalue weighted by Crippen LogP contribution is -2.10. The van der Waals surface area contributed by atoms with Gasteiger partial charge in [-0.3, -0.25) is 0 Å². The molecule has 0 fully saturated rings. The summed E-state index contributed by atoms with van der Waals surface area (Å²) in [7, 11) is 4.31. The smallest absolute Gasteiger partial charge is 0.341 e. The summed E-state index contributed by atoms with van der Waals surface area (Å²) in [4.78, 5) is 11.9. The molecule has 1 aromatic rings. The van der Waals surface area contributed by atoms with E-state index in [1.807, 2.05) is 6.92 Å². The molecule has 0 atom stereocenters. The number of methoxy groups -OCH3 is 3. The van der Waals surface area contributed by atoms with Crippen molar-refractivity contribution in [3.05, 3.63) is 29.8 Å². The SMILES string of the molecule is C=C(C)c1cc(C(=O)OC)c(OCOC)cc1OCOC. The number of carbonyl (C=O) groups is 1. The molecule has 6 nitrogen and oxygen atoms in total. The molecular formula is C15H20O6. The maximum Gasteiger partial charge on any atom is 0.341 e. The van der Waals surface area contributed by atoms with Crippen LogP contribution < -0.4 is 9.47 Å². The van der Waals surface area contributed by atoms with Crippen LogP contribution in [0.1, 0.15) is 22.8 Å². The van der Waals surface area contributed by atoms with Gasteiger partial charge in [-0.1, -0.05) is 6.58 Å². The average molecular weight is 296 g/mol. The third-order valence-corrected chi connectivity index (χ3v) is 2.61. The largest absolute Gasteiger partial charge is 0.467 e. The molecule has 1 aromatic carbocycles. The zero-order valence-electron chi connectivity index (χ0n) is 12.7. The molecule has 0 aromatic heterocycles. The molecule has 0 aliphatic carbocycles. The van der Waals surface area contributed by atoms with Crippen LogP contribution in [0.3, 0.4) is 0 Å². The molecule has 0 aliphatic heterocycles. The highest BCUT2D eigenvalue weighted by Gasteiger charge is 2.19. The fraction of sp³-hybridized carbons (Fsp3) is 0.400. The molecule has 0 aliphatic rings. The van der Waals surface area contributed by atoms with Crippen molar-refractivity contribution in [2.24, 2.45) is 0 Å². The second kappa shape index (κ2) is 8.28. The fourth-order valence-corrected chi connectivity index (χ4v) is 1.65. The van der Waals surface area contributed by atoms with E-state index in [4.69, 9.17) is 23.7 Å². The predicted octanol–water partition coefficient (Wildman–Crippen LogP) is 2.47. The predicted molar refractivity (Wildman–Crippen MR) is 77.5 cm³/mol. The Hall–Kier alpha value is -2.05. The Morgan fingerprint density at radius 3 is 1.95 bits per heavy atom. The lowest BCUT2D eigenvalue weighted by atomic mass is 10.0.